The van der Waals surface area contributed by atoms with E-state index in [1.165, 1.54) is 11.1 Å². The van der Waals surface area contributed by atoms with Crippen LogP contribution in [0.4, 0.5) is 0 Å². The van der Waals surface area contributed by atoms with Gasteiger partial charge in [-0.2, -0.15) is 0 Å². The molecule has 0 saturated carbocycles. The van der Waals surface area contributed by atoms with Gasteiger partial charge < -0.3 is 10.1 Å². The minimum absolute atomic E-state index is 0.288. The molecule has 2 heteroatoms. The topological polar surface area (TPSA) is 21.3 Å². The number of hydrogen-bond acceptors (Lipinski definition) is 2. The Morgan fingerprint density at radius 2 is 1.86 bits per heavy atom. The largest absolute Gasteiger partial charge is 0.457 e. The third-order valence-electron chi connectivity index (χ3n) is 3.62. The maximum atomic E-state index is 6.11. The maximum Gasteiger partial charge on any atom is 0.132 e. The molecule has 21 heavy (non-hydrogen) atoms. The van der Waals surface area contributed by atoms with Crippen LogP contribution in [0, 0.1) is 0 Å². The Balaban J connectivity index is 2.19. The highest BCUT2D eigenvalue weighted by Crippen LogP contribution is 2.29. The van der Waals surface area contributed by atoms with Gasteiger partial charge in [0.05, 0.1) is 0 Å². The zero-order valence-electron chi connectivity index (χ0n) is 13.2. The summed E-state index contributed by atoms with van der Waals surface area (Å²) >= 11 is 0. The summed E-state index contributed by atoms with van der Waals surface area (Å²) in [6.07, 6.45) is 2.15. The molecule has 2 rings (SSSR count). The minimum atomic E-state index is 0.288. The van der Waals surface area contributed by atoms with Crippen molar-refractivity contribution in [2.75, 3.05) is 6.54 Å². The molecule has 112 valence electrons. The van der Waals surface area contributed by atoms with E-state index >= 15 is 0 Å². The van der Waals surface area contributed by atoms with E-state index < -0.39 is 0 Å². The highest BCUT2D eigenvalue weighted by atomic mass is 16.5. The minimum Gasteiger partial charge on any atom is -0.457 e. The monoisotopic (exact) mass is 283 g/mol. The molecule has 2 nitrogen and oxygen atoms in total. The van der Waals surface area contributed by atoms with Crippen LogP contribution in [0.2, 0.25) is 0 Å². The number of nitrogens with one attached hydrogen (secondary N) is 1. The van der Waals surface area contributed by atoms with Gasteiger partial charge in [-0.05, 0) is 50.1 Å². The molecule has 1 N–H and O–H groups in total. The van der Waals surface area contributed by atoms with Crippen molar-refractivity contribution in [2.24, 2.45) is 0 Å². The summed E-state index contributed by atoms with van der Waals surface area (Å²) in [6.45, 7) is 7.53. The summed E-state index contributed by atoms with van der Waals surface area (Å²) in [5.41, 5.74) is 2.50. The van der Waals surface area contributed by atoms with Gasteiger partial charge in [0.25, 0.3) is 0 Å². The summed E-state index contributed by atoms with van der Waals surface area (Å²) in [6, 6.07) is 16.9. The normalized spacial score (nSPS) is 12.1. The Hall–Kier alpha value is -1.80. The van der Waals surface area contributed by atoms with Crippen LogP contribution < -0.4 is 10.1 Å². The lowest BCUT2D eigenvalue weighted by molar-refractivity contribution is 0.460. The predicted molar refractivity (Wildman–Crippen MR) is 89.0 cm³/mol. The van der Waals surface area contributed by atoms with Crippen LogP contribution in [-0.2, 0) is 6.42 Å². The smallest absolute Gasteiger partial charge is 0.132 e. The number of aryl methyl sites for hydroxylation is 1. The van der Waals surface area contributed by atoms with E-state index in [0.717, 1.165) is 30.9 Å². The lowest BCUT2D eigenvalue weighted by Crippen LogP contribution is -2.19. The predicted octanol–water partition coefficient (Wildman–Crippen LogP) is 5.10. The van der Waals surface area contributed by atoms with Gasteiger partial charge in [-0.25, -0.2) is 0 Å². The number of para-hydroxylation sites is 1. The fourth-order valence-corrected chi connectivity index (χ4v) is 2.36. The second-order valence-electron chi connectivity index (χ2n) is 5.32. The molecule has 1 unspecified atom stereocenters. The molecule has 0 amide bonds. The zero-order chi connectivity index (χ0) is 15.1. The molecule has 1 atom stereocenters. The van der Waals surface area contributed by atoms with Crippen molar-refractivity contribution in [1.82, 2.24) is 5.32 Å². The lowest BCUT2D eigenvalue weighted by atomic mass is 10.1. The molecule has 0 saturated heterocycles. The quantitative estimate of drug-likeness (QED) is 0.763. The Morgan fingerprint density at radius 1 is 1.05 bits per heavy atom. The van der Waals surface area contributed by atoms with E-state index in [1.807, 2.05) is 18.2 Å². The van der Waals surface area contributed by atoms with Gasteiger partial charge in [-0.15, -0.1) is 0 Å². The standard InChI is InChI=1S/C19H25NO/c1-4-13-20-15(3)18-11-6-7-12-19(18)21-17-10-8-9-16(5-2)14-17/h6-12,14-15,20H,4-5,13H2,1-3H3. The van der Waals surface area contributed by atoms with E-state index in [2.05, 4.69) is 56.4 Å². The van der Waals surface area contributed by atoms with Crippen molar-refractivity contribution in [3.05, 3.63) is 59.7 Å². The average molecular weight is 283 g/mol. The van der Waals surface area contributed by atoms with Crippen molar-refractivity contribution in [1.29, 1.82) is 0 Å². The molecule has 2 aromatic carbocycles. The summed E-state index contributed by atoms with van der Waals surface area (Å²) in [4.78, 5) is 0. The van der Waals surface area contributed by atoms with Crippen molar-refractivity contribution in [3.63, 3.8) is 0 Å². The Labute approximate surface area is 128 Å². The second kappa shape index (κ2) is 7.84. The molecule has 0 bridgehead atoms. The van der Waals surface area contributed by atoms with Gasteiger partial charge in [0.1, 0.15) is 11.5 Å². The Kier molecular flexibility index (Phi) is 5.82. The van der Waals surface area contributed by atoms with E-state index in [9.17, 15) is 0 Å². The fourth-order valence-electron chi connectivity index (χ4n) is 2.36. The molecular weight excluding hydrogens is 258 g/mol. The molecule has 0 aliphatic rings. The van der Waals surface area contributed by atoms with Crippen LogP contribution in [-0.4, -0.2) is 6.54 Å². The van der Waals surface area contributed by atoms with Gasteiger partial charge in [-0.1, -0.05) is 44.2 Å². The summed E-state index contributed by atoms with van der Waals surface area (Å²) < 4.78 is 6.11. The SMILES string of the molecule is CCCNC(C)c1ccccc1Oc1cccc(CC)c1. The highest BCUT2D eigenvalue weighted by molar-refractivity contribution is 5.40. The molecule has 0 fully saturated rings. The van der Waals surface area contributed by atoms with Crippen LogP contribution in [0.15, 0.2) is 48.5 Å². The molecule has 0 aromatic heterocycles. The molecule has 0 aliphatic heterocycles. The molecule has 2 aromatic rings. The Bertz CT molecular complexity index is 565. The molecule has 0 spiro atoms. The first-order chi connectivity index (χ1) is 10.2. The van der Waals surface area contributed by atoms with Gasteiger partial charge in [0.2, 0.25) is 0 Å². The maximum absolute atomic E-state index is 6.11. The van der Waals surface area contributed by atoms with Gasteiger partial charge in [0, 0.05) is 11.6 Å². The zero-order valence-corrected chi connectivity index (χ0v) is 13.2. The highest BCUT2D eigenvalue weighted by Gasteiger charge is 2.11. The molecule has 0 radical (unpaired) electrons. The number of hydrogen-bond donors (Lipinski definition) is 1. The summed E-state index contributed by atoms with van der Waals surface area (Å²) in [5, 5.41) is 3.52. The van der Waals surface area contributed by atoms with Crippen LogP contribution in [0.3, 0.4) is 0 Å². The van der Waals surface area contributed by atoms with Crippen LogP contribution >= 0.6 is 0 Å². The van der Waals surface area contributed by atoms with E-state index in [0.29, 0.717) is 0 Å². The van der Waals surface area contributed by atoms with Crippen molar-refractivity contribution in [3.8, 4) is 11.5 Å². The molecule has 0 heterocycles. The van der Waals surface area contributed by atoms with Crippen LogP contribution in [0.5, 0.6) is 11.5 Å². The first kappa shape index (κ1) is 15.6. The summed E-state index contributed by atoms with van der Waals surface area (Å²) in [5.74, 6) is 1.84. The van der Waals surface area contributed by atoms with Crippen molar-refractivity contribution in [2.45, 2.75) is 39.7 Å². The van der Waals surface area contributed by atoms with E-state index in [4.69, 9.17) is 4.74 Å². The summed E-state index contributed by atoms with van der Waals surface area (Å²) in [7, 11) is 0. The Morgan fingerprint density at radius 3 is 2.62 bits per heavy atom. The first-order valence-corrected chi connectivity index (χ1v) is 7.83. The van der Waals surface area contributed by atoms with Crippen molar-refractivity contribution >= 4 is 0 Å². The fraction of sp³-hybridized carbons (Fsp3) is 0.368. The van der Waals surface area contributed by atoms with Gasteiger partial charge in [0.15, 0.2) is 0 Å². The third-order valence-corrected chi connectivity index (χ3v) is 3.62. The van der Waals surface area contributed by atoms with Gasteiger partial charge >= 0.3 is 0 Å². The van der Waals surface area contributed by atoms with E-state index in [-0.39, 0.29) is 6.04 Å². The third kappa shape index (κ3) is 4.33. The number of benzene rings is 2. The van der Waals surface area contributed by atoms with Gasteiger partial charge in [-0.3, -0.25) is 0 Å². The van der Waals surface area contributed by atoms with Crippen LogP contribution in [0.25, 0.3) is 0 Å². The molecule has 0 aliphatic carbocycles. The molecular formula is C19H25NO. The lowest BCUT2D eigenvalue weighted by Gasteiger charge is -2.18. The second-order valence-corrected chi connectivity index (χ2v) is 5.32. The van der Waals surface area contributed by atoms with Crippen molar-refractivity contribution < 1.29 is 4.74 Å². The average Bonchev–Trinajstić information content (AvgIpc) is 2.53. The van der Waals surface area contributed by atoms with E-state index in [1.54, 1.807) is 0 Å². The number of rotatable bonds is 7. The first-order valence-electron chi connectivity index (χ1n) is 7.83. The number of ether oxygens (including phenoxy) is 1. The van der Waals surface area contributed by atoms with Crippen LogP contribution in [0.1, 0.15) is 44.4 Å².